The molecule has 1 N–H and O–H groups in total. The molecule has 1 aliphatic carbocycles. The summed E-state index contributed by atoms with van der Waals surface area (Å²) < 4.78 is 15.7. The van der Waals surface area contributed by atoms with Crippen molar-refractivity contribution in [1.29, 1.82) is 0 Å². The molecule has 26 heavy (non-hydrogen) atoms. The van der Waals surface area contributed by atoms with Gasteiger partial charge < -0.3 is 10.0 Å². The summed E-state index contributed by atoms with van der Waals surface area (Å²) in [5.74, 6) is 0.140. The number of anilines is 1. The molecule has 1 saturated carbocycles. The molecule has 2 heterocycles. The van der Waals surface area contributed by atoms with Crippen molar-refractivity contribution in [3.05, 3.63) is 30.6 Å². The molecular formula is C18H20FN5OS. The minimum absolute atomic E-state index is 0.140. The van der Waals surface area contributed by atoms with E-state index in [0.717, 1.165) is 24.0 Å². The van der Waals surface area contributed by atoms with Crippen molar-refractivity contribution >= 4 is 16.5 Å². The zero-order valence-electron chi connectivity index (χ0n) is 14.6. The lowest BCUT2D eigenvalue weighted by Gasteiger charge is -2.24. The molecule has 0 radical (unpaired) electrons. The van der Waals surface area contributed by atoms with E-state index >= 15 is 0 Å². The summed E-state index contributed by atoms with van der Waals surface area (Å²) in [6.45, 7) is 0. The van der Waals surface area contributed by atoms with E-state index in [-0.39, 0.29) is 11.8 Å². The Labute approximate surface area is 154 Å². The first kappa shape index (κ1) is 17.0. The minimum Gasteiger partial charge on any atom is -0.507 e. The van der Waals surface area contributed by atoms with Gasteiger partial charge in [0.25, 0.3) is 0 Å². The standard InChI is InChI=1S/C18H20FN5OS/c1-23-10-12(9-20-23)11-6-7-13(16(25)8-11)17-21-22-18(26-17)24(2)15-5-3-4-14(15)19/h6-10,14-15,25H,3-5H2,1-2H3/t14-,15+/m0/s1. The van der Waals surface area contributed by atoms with Gasteiger partial charge in [0.2, 0.25) is 5.13 Å². The van der Waals surface area contributed by atoms with Crippen LogP contribution >= 0.6 is 11.3 Å². The van der Waals surface area contributed by atoms with Crippen LogP contribution in [0.15, 0.2) is 30.6 Å². The first-order chi connectivity index (χ1) is 12.5. The van der Waals surface area contributed by atoms with Gasteiger partial charge in [-0.25, -0.2) is 4.39 Å². The Morgan fingerprint density at radius 1 is 1.27 bits per heavy atom. The van der Waals surface area contributed by atoms with Gasteiger partial charge in [-0.05, 0) is 37.0 Å². The largest absolute Gasteiger partial charge is 0.507 e. The van der Waals surface area contributed by atoms with Gasteiger partial charge in [-0.3, -0.25) is 4.68 Å². The monoisotopic (exact) mass is 373 g/mol. The van der Waals surface area contributed by atoms with E-state index in [9.17, 15) is 9.50 Å². The second-order valence-electron chi connectivity index (χ2n) is 6.65. The van der Waals surface area contributed by atoms with E-state index in [0.29, 0.717) is 22.1 Å². The maximum Gasteiger partial charge on any atom is 0.208 e. The highest BCUT2D eigenvalue weighted by molar-refractivity contribution is 7.18. The van der Waals surface area contributed by atoms with Crippen LogP contribution in [-0.2, 0) is 7.05 Å². The number of rotatable bonds is 4. The molecule has 0 spiro atoms. The van der Waals surface area contributed by atoms with Gasteiger partial charge in [-0.15, -0.1) is 10.2 Å². The molecule has 0 unspecified atom stereocenters. The van der Waals surface area contributed by atoms with Gasteiger partial charge in [0.05, 0.1) is 17.8 Å². The quantitative estimate of drug-likeness (QED) is 0.756. The Morgan fingerprint density at radius 3 is 2.77 bits per heavy atom. The summed E-state index contributed by atoms with van der Waals surface area (Å²) in [6.07, 6.45) is 5.16. The molecule has 1 aromatic carbocycles. The lowest BCUT2D eigenvalue weighted by molar-refractivity contribution is 0.307. The molecule has 2 atom stereocenters. The highest BCUT2D eigenvalue weighted by Crippen LogP contribution is 2.38. The van der Waals surface area contributed by atoms with Crippen molar-refractivity contribution < 1.29 is 9.50 Å². The Morgan fingerprint density at radius 2 is 2.12 bits per heavy atom. The second-order valence-corrected chi connectivity index (χ2v) is 7.61. The number of phenols is 1. The van der Waals surface area contributed by atoms with Crippen LogP contribution < -0.4 is 4.90 Å². The molecule has 0 aliphatic heterocycles. The average Bonchev–Trinajstić information content (AvgIpc) is 3.35. The number of phenolic OH excluding ortho intramolecular Hbond substituents is 1. The van der Waals surface area contributed by atoms with Gasteiger partial charge in [-0.1, -0.05) is 17.4 Å². The number of alkyl halides is 1. The molecule has 2 aromatic heterocycles. The van der Waals surface area contributed by atoms with Crippen molar-refractivity contribution in [3.8, 4) is 27.4 Å². The fraction of sp³-hybridized carbons (Fsp3) is 0.389. The topological polar surface area (TPSA) is 67.1 Å². The van der Waals surface area contributed by atoms with E-state index in [1.807, 2.05) is 37.3 Å². The lowest BCUT2D eigenvalue weighted by atomic mass is 10.1. The van der Waals surface area contributed by atoms with E-state index < -0.39 is 6.17 Å². The predicted octanol–water partition coefficient (Wildman–Crippen LogP) is 3.64. The highest BCUT2D eigenvalue weighted by atomic mass is 32.1. The van der Waals surface area contributed by atoms with Crippen LogP contribution in [0.4, 0.5) is 9.52 Å². The molecule has 136 valence electrons. The first-order valence-electron chi connectivity index (χ1n) is 8.56. The van der Waals surface area contributed by atoms with Gasteiger partial charge in [0, 0.05) is 25.9 Å². The van der Waals surface area contributed by atoms with E-state index in [2.05, 4.69) is 15.3 Å². The van der Waals surface area contributed by atoms with Gasteiger partial charge in [-0.2, -0.15) is 5.10 Å². The SMILES string of the molecule is CN(c1nnc(-c2ccc(-c3cnn(C)c3)cc2O)s1)[C@@H]1CCC[C@@H]1F. The normalized spacial score (nSPS) is 19.8. The third-order valence-corrected chi connectivity index (χ3v) is 5.92. The summed E-state index contributed by atoms with van der Waals surface area (Å²) in [4.78, 5) is 1.87. The molecule has 0 amide bonds. The van der Waals surface area contributed by atoms with Crippen molar-refractivity contribution in [2.75, 3.05) is 11.9 Å². The minimum atomic E-state index is -0.820. The summed E-state index contributed by atoms with van der Waals surface area (Å²) in [5.41, 5.74) is 2.44. The zero-order chi connectivity index (χ0) is 18.3. The molecule has 0 bridgehead atoms. The second kappa shape index (κ2) is 6.68. The number of benzene rings is 1. The number of hydrogen-bond donors (Lipinski definition) is 1. The van der Waals surface area contributed by atoms with Crippen molar-refractivity contribution in [2.45, 2.75) is 31.5 Å². The molecule has 6 nitrogen and oxygen atoms in total. The number of hydrogen-bond acceptors (Lipinski definition) is 6. The van der Waals surface area contributed by atoms with Gasteiger partial charge >= 0.3 is 0 Å². The van der Waals surface area contributed by atoms with Crippen LogP contribution in [0.1, 0.15) is 19.3 Å². The maximum atomic E-state index is 14.0. The molecule has 1 aliphatic rings. The van der Waals surface area contributed by atoms with Crippen LogP contribution in [0.5, 0.6) is 5.75 Å². The molecular weight excluding hydrogens is 353 g/mol. The van der Waals surface area contributed by atoms with Crippen LogP contribution in [0, 0.1) is 0 Å². The summed E-state index contributed by atoms with van der Waals surface area (Å²) in [7, 11) is 3.71. The lowest BCUT2D eigenvalue weighted by Crippen LogP contribution is -2.35. The van der Waals surface area contributed by atoms with Crippen LogP contribution in [-0.4, -0.2) is 44.3 Å². The van der Waals surface area contributed by atoms with Crippen molar-refractivity contribution in [3.63, 3.8) is 0 Å². The summed E-state index contributed by atoms with van der Waals surface area (Å²) >= 11 is 1.36. The van der Waals surface area contributed by atoms with Crippen molar-refractivity contribution in [1.82, 2.24) is 20.0 Å². The van der Waals surface area contributed by atoms with Crippen LogP contribution in [0.25, 0.3) is 21.7 Å². The van der Waals surface area contributed by atoms with E-state index in [4.69, 9.17) is 0 Å². The molecule has 8 heteroatoms. The highest BCUT2D eigenvalue weighted by Gasteiger charge is 2.32. The van der Waals surface area contributed by atoms with E-state index in [1.165, 1.54) is 11.3 Å². The smallest absolute Gasteiger partial charge is 0.208 e. The molecule has 4 rings (SSSR count). The third kappa shape index (κ3) is 3.05. The number of halogens is 1. The number of nitrogens with zero attached hydrogens (tertiary/aromatic N) is 5. The summed E-state index contributed by atoms with van der Waals surface area (Å²) in [6, 6.07) is 5.31. The van der Waals surface area contributed by atoms with E-state index in [1.54, 1.807) is 16.9 Å². The van der Waals surface area contributed by atoms with Crippen LogP contribution in [0.3, 0.4) is 0 Å². The summed E-state index contributed by atoms with van der Waals surface area (Å²) in [5, 5.41) is 24.3. The fourth-order valence-corrected chi connectivity index (χ4v) is 4.30. The maximum absolute atomic E-state index is 14.0. The van der Waals surface area contributed by atoms with Crippen LogP contribution in [0.2, 0.25) is 0 Å². The Hall–Kier alpha value is -2.48. The molecule has 0 saturated heterocycles. The Bertz CT molecular complexity index is 924. The molecule has 3 aromatic rings. The third-order valence-electron chi connectivity index (χ3n) is 4.88. The molecule has 1 fully saturated rings. The van der Waals surface area contributed by atoms with Crippen molar-refractivity contribution in [2.24, 2.45) is 7.05 Å². The Balaban J connectivity index is 1.59. The zero-order valence-corrected chi connectivity index (χ0v) is 15.4. The first-order valence-corrected chi connectivity index (χ1v) is 9.37. The number of aromatic nitrogens is 4. The van der Waals surface area contributed by atoms with Gasteiger partial charge in [0.1, 0.15) is 11.9 Å². The number of aromatic hydroxyl groups is 1. The van der Waals surface area contributed by atoms with Gasteiger partial charge in [0.15, 0.2) is 5.01 Å². The predicted molar refractivity (Wildman–Crippen MR) is 100 cm³/mol. The Kier molecular flexibility index (Phi) is 4.36. The average molecular weight is 373 g/mol. The number of aryl methyl sites for hydroxylation is 1. The fourth-order valence-electron chi connectivity index (χ4n) is 3.40.